The fourth-order valence-electron chi connectivity index (χ4n) is 2.14. The number of aromatic carboxylic acids is 1. The molecule has 1 aliphatic rings. The van der Waals surface area contributed by atoms with E-state index < -0.39 is 5.97 Å². The highest BCUT2D eigenvalue weighted by atomic mass is 127. The summed E-state index contributed by atoms with van der Waals surface area (Å²) in [5.41, 5.74) is 1.60. The number of nitrogens with zero attached hydrogens (tertiary/aromatic N) is 1. The summed E-state index contributed by atoms with van der Waals surface area (Å²) in [6.07, 6.45) is 1.09. The van der Waals surface area contributed by atoms with E-state index in [-0.39, 0.29) is 11.7 Å². The third kappa shape index (κ3) is 4.32. The number of carbonyl (C=O) groups excluding carboxylic acids is 1. The van der Waals surface area contributed by atoms with Crippen LogP contribution in [0, 0.1) is 3.57 Å². The molecular weight excluding hydrogens is 465 g/mol. The van der Waals surface area contributed by atoms with Crippen LogP contribution in [0.1, 0.15) is 16.8 Å². The van der Waals surface area contributed by atoms with Crippen molar-refractivity contribution in [3.63, 3.8) is 0 Å². The van der Waals surface area contributed by atoms with E-state index in [2.05, 4.69) is 38.5 Å². The van der Waals surface area contributed by atoms with Gasteiger partial charge in [-0.15, -0.1) is 0 Å². The lowest BCUT2D eigenvalue weighted by molar-refractivity contribution is -0.0443. The molecule has 1 aromatic rings. The van der Waals surface area contributed by atoms with E-state index in [0.717, 1.165) is 22.3 Å². The van der Waals surface area contributed by atoms with Crippen molar-refractivity contribution in [3.05, 3.63) is 32.9 Å². The summed E-state index contributed by atoms with van der Waals surface area (Å²) in [5, 5.41) is 9.61. The van der Waals surface area contributed by atoms with Crippen molar-refractivity contribution in [3.8, 4) is 0 Å². The molecule has 0 aliphatic carbocycles. The Kier molecular flexibility index (Phi) is 6.43. The van der Waals surface area contributed by atoms with Crippen molar-refractivity contribution in [2.75, 3.05) is 29.9 Å². The standard InChI is InChI=1S/C15H15BrINO4/c16-6-10(9-19)7-18(8-12-3-4-22-12)14-5-11(15(20)21)1-2-13(14)17/h1-2,5,12H,3-4,6-8H2,(H,20,21)/t12-/m0/s1. The maximum absolute atomic E-state index is 11.2. The average Bonchev–Trinajstić information content (AvgIpc) is 2.46. The second-order valence-corrected chi connectivity index (χ2v) is 6.70. The molecule has 1 heterocycles. The minimum atomic E-state index is -0.968. The van der Waals surface area contributed by atoms with E-state index in [0.29, 0.717) is 24.0 Å². The second kappa shape index (κ2) is 8.10. The van der Waals surface area contributed by atoms with Crippen molar-refractivity contribution in [1.29, 1.82) is 0 Å². The number of hydrogen-bond donors (Lipinski definition) is 1. The number of carboxylic acid groups (broad SMARTS) is 1. The fourth-order valence-corrected chi connectivity index (χ4v) is 3.11. The third-order valence-corrected chi connectivity index (χ3v) is 5.03. The zero-order valence-corrected chi connectivity index (χ0v) is 15.5. The van der Waals surface area contributed by atoms with Crippen molar-refractivity contribution in [1.82, 2.24) is 0 Å². The molecule has 0 radical (unpaired) electrons. The number of rotatable bonds is 7. The van der Waals surface area contributed by atoms with E-state index in [1.54, 1.807) is 18.2 Å². The van der Waals surface area contributed by atoms with Gasteiger partial charge in [-0.3, -0.25) is 0 Å². The molecule has 1 saturated heterocycles. The Morgan fingerprint density at radius 2 is 2.27 bits per heavy atom. The van der Waals surface area contributed by atoms with Crippen molar-refractivity contribution in [2.24, 2.45) is 0 Å². The predicted molar refractivity (Wildman–Crippen MR) is 95.7 cm³/mol. The van der Waals surface area contributed by atoms with Gasteiger partial charge in [0.2, 0.25) is 0 Å². The molecule has 0 amide bonds. The van der Waals surface area contributed by atoms with Gasteiger partial charge in [-0.1, -0.05) is 15.9 Å². The fraction of sp³-hybridized carbons (Fsp3) is 0.400. The molecule has 7 heteroatoms. The van der Waals surface area contributed by atoms with Crippen LogP contribution < -0.4 is 4.90 Å². The molecular formula is C15H15BrINO4. The first-order valence-corrected chi connectivity index (χ1v) is 8.93. The molecule has 1 fully saturated rings. The van der Waals surface area contributed by atoms with Gasteiger partial charge >= 0.3 is 5.97 Å². The molecule has 1 aromatic carbocycles. The topological polar surface area (TPSA) is 66.8 Å². The van der Waals surface area contributed by atoms with Crippen LogP contribution in [-0.4, -0.2) is 48.1 Å². The van der Waals surface area contributed by atoms with Crippen LogP contribution in [0.3, 0.4) is 0 Å². The first kappa shape index (κ1) is 17.5. The zero-order valence-electron chi connectivity index (χ0n) is 11.7. The third-order valence-electron chi connectivity index (χ3n) is 3.44. The van der Waals surface area contributed by atoms with Crippen LogP contribution in [0.4, 0.5) is 5.69 Å². The number of benzene rings is 1. The number of halogens is 2. The van der Waals surface area contributed by atoms with Crippen LogP contribution in [0.5, 0.6) is 0 Å². The highest BCUT2D eigenvalue weighted by Crippen LogP contribution is 2.27. The summed E-state index contributed by atoms with van der Waals surface area (Å²) in [4.78, 5) is 24.2. The summed E-state index contributed by atoms with van der Waals surface area (Å²) >= 11 is 5.45. The Bertz CT molecular complexity index is 612. The predicted octanol–water partition coefficient (Wildman–Crippen LogP) is 2.74. The molecule has 1 aliphatic heterocycles. The summed E-state index contributed by atoms with van der Waals surface area (Å²) in [7, 11) is 0. The van der Waals surface area contributed by atoms with Gasteiger partial charge in [0.1, 0.15) is 5.94 Å². The first-order chi connectivity index (χ1) is 10.5. The largest absolute Gasteiger partial charge is 0.478 e. The van der Waals surface area contributed by atoms with E-state index in [1.807, 2.05) is 10.8 Å². The second-order valence-electron chi connectivity index (χ2n) is 4.97. The maximum atomic E-state index is 11.2. The Labute approximate surface area is 150 Å². The number of ether oxygens (including phenoxy) is 1. The molecule has 22 heavy (non-hydrogen) atoms. The summed E-state index contributed by atoms with van der Waals surface area (Å²) in [6, 6.07) is 4.98. The van der Waals surface area contributed by atoms with Crippen LogP contribution in [-0.2, 0) is 9.53 Å². The van der Waals surface area contributed by atoms with Crippen molar-refractivity contribution in [2.45, 2.75) is 12.5 Å². The van der Waals surface area contributed by atoms with Gasteiger partial charge in [-0.05, 0) is 47.2 Å². The number of carbonyl (C=O) groups is 1. The molecule has 0 bridgehead atoms. The van der Waals surface area contributed by atoms with Gasteiger partial charge < -0.3 is 14.7 Å². The molecule has 2 rings (SSSR count). The van der Waals surface area contributed by atoms with Gasteiger partial charge in [0.25, 0.3) is 0 Å². The molecule has 1 atom stereocenters. The Balaban J connectivity index is 2.31. The van der Waals surface area contributed by atoms with E-state index in [4.69, 9.17) is 4.74 Å². The van der Waals surface area contributed by atoms with Gasteiger partial charge in [0.15, 0.2) is 0 Å². The lowest BCUT2D eigenvalue weighted by Gasteiger charge is -2.34. The van der Waals surface area contributed by atoms with E-state index in [9.17, 15) is 14.7 Å². The molecule has 0 unspecified atom stereocenters. The normalized spacial score (nSPS) is 16.5. The SMILES string of the molecule is O=C=C(CBr)CN(C[C@@H]1CCO1)c1cc(C(=O)O)ccc1I. The molecule has 118 valence electrons. The molecule has 0 aromatic heterocycles. The number of hydrogen-bond acceptors (Lipinski definition) is 4. The molecule has 0 spiro atoms. The van der Waals surface area contributed by atoms with E-state index >= 15 is 0 Å². The highest BCUT2D eigenvalue weighted by Gasteiger charge is 2.24. The maximum Gasteiger partial charge on any atom is 0.335 e. The van der Waals surface area contributed by atoms with Crippen molar-refractivity contribution < 1.29 is 19.4 Å². The summed E-state index contributed by atoms with van der Waals surface area (Å²) < 4.78 is 6.40. The smallest absolute Gasteiger partial charge is 0.335 e. The lowest BCUT2D eigenvalue weighted by Crippen LogP contribution is -2.41. The Morgan fingerprint density at radius 1 is 1.55 bits per heavy atom. The van der Waals surface area contributed by atoms with Crippen LogP contribution >= 0.6 is 38.5 Å². The molecule has 1 N–H and O–H groups in total. The van der Waals surface area contributed by atoms with Gasteiger partial charge in [0, 0.05) is 27.6 Å². The lowest BCUT2D eigenvalue weighted by atomic mass is 10.1. The number of alkyl halides is 1. The number of carboxylic acids is 1. The van der Waals surface area contributed by atoms with Gasteiger partial charge in [0.05, 0.1) is 23.9 Å². The zero-order chi connectivity index (χ0) is 16.1. The quantitative estimate of drug-likeness (QED) is 0.370. The van der Waals surface area contributed by atoms with E-state index in [1.165, 1.54) is 0 Å². The average molecular weight is 480 g/mol. The summed E-state index contributed by atoms with van der Waals surface area (Å²) in [6.45, 7) is 1.77. The summed E-state index contributed by atoms with van der Waals surface area (Å²) in [5.74, 6) is 0.968. The van der Waals surface area contributed by atoms with Gasteiger partial charge in [-0.2, -0.15) is 0 Å². The molecule has 0 saturated carbocycles. The first-order valence-electron chi connectivity index (χ1n) is 6.73. The van der Waals surface area contributed by atoms with Crippen LogP contribution in [0.25, 0.3) is 0 Å². The minimum absolute atomic E-state index is 0.118. The molecule has 5 nitrogen and oxygen atoms in total. The Hall–Kier alpha value is -0.890. The van der Waals surface area contributed by atoms with Crippen LogP contribution in [0.15, 0.2) is 23.8 Å². The van der Waals surface area contributed by atoms with Gasteiger partial charge in [-0.25, -0.2) is 9.59 Å². The number of anilines is 1. The Morgan fingerprint density at radius 3 is 2.77 bits per heavy atom. The highest BCUT2D eigenvalue weighted by molar-refractivity contribution is 14.1. The van der Waals surface area contributed by atoms with Crippen molar-refractivity contribution >= 4 is 56.1 Å². The monoisotopic (exact) mass is 479 g/mol. The van der Waals surface area contributed by atoms with Crippen LogP contribution in [0.2, 0.25) is 0 Å². The minimum Gasteiger partial charge on any atom is -0.478 e.